The largest absolute Gasteiger partial charge is 0.303 e. The standard InChI is InChI=1S/C8H12O/c1-3-5-8(2)6-4-7-9/h7-8H,4,6H2,1-2H3/t8-/m0/s1. The smallest absolute Gasteiger partial charge is 0.120 e. The molecule has 1 atom stereocenters. The first-order valence-electron chi connectivity index (χ1n) is 3.17. The van der Waals surface area contributed by atoms with Crippen LogP contribution in [-0.4, -0.2) is 6.29 Å². The molecule has 0 bridgehead atoms. The maximum atomic E-state index is 9.87. The number of carbonyl (C=O) groups excluding carboxylic acids is 1. The van der Waals surface area contributed by atoms with E-state index in [2.05, 4.69) is 11.8 Å². The van der Waals surface area contributed by atoms with Gasteiger partial charge in [0.1, 0.15) is 6.29 Å². The van der Waals surface area contributed by atoms with E-state index in [1.54, 1.807) is 0 Å². The van der Waals surface area contributed by atoms with Gasteiger partial charge in [0, 0.05) is 12.3 Å². The predicted molar refractivity (Wildman–Crippen MR) is 37.9 cm³/mol. The molecule has 0 rings (SSSR count). The number of carbonyl (C=O) groups is 1. The molecule has 0 spiro atoms. The van der Waals surface area contributed by atoms with E-state index in [-0.39, 0.29) is 0 Å². The summed E-state index contributed by atoms with van der Waals surface area (Å²) >= 11 is 0. The van der Waals surface area contributed by atoms with Crippen LogP contribution in [0.25, 0.3) is 0 Å². The van der Waals surface area contributed by atoms with Crippen LogP contribution in [0.2, 0.25) is 0 Å². The molecule has 1 nitrogen and oxygen atoms in total. The summed E-state index contributed by atoms with van der Waals surface area (Å²) in [6.45, 7) is 3.84. The summed E-state index contributed by atoms with van der Waals surface area (Å²) in [5.74, 6) is 6.16. The summed E-state index contributed by atoms with van der Waals surface area (Å²) < 4.78 is 0. The molecular weight excluding hydrogens is 112 g/mol. The first-order valence-corrected chi connectivity index (χ1v) is 3.17. The summed E-state index contributed by atoms with van der Waals surface area (Å²) in [6.07, 6.45) is 2.47. The summed E-state index contributed by atoms with van der Waals surface area (Å²) in [5.41, 5.74) is 0. The maximum absolute atomic E-state index is 9.87. The Labute approximate surface area is 56.5 Å². The lowest BCUT2D eigenvalue weighted by Gasteiger charge is -1.96. The van der Waals surface area contributed by atoms with Crippen LogP contribution in [0.15, 0.2) is 0 Å². The third-order valence-electron chi connectivity index (χ3n) is 1.11. The fourth-order valence-electron chi connectivity index (χ4n) is 0.637. The Morgan fingerprint density at radius 3 is 2.78 bits per heavy atom. The molecule has 0 amide bonds. The van der Waals surface area contributed by atoms with Gasteiger partial charge in [0.15, 0.2) is 0 Å². The monoisotopic (exact) mass is 124 g/mol. The SMILES string of the molecule is CC#C[C@H](C)CCC=O. The highest BCUT2D eigenvalue weighted by Gasteiger charge is 1.93. The molecule has 0 unspecified atom stereocenters. The Hall–Kier alpha value is -0.770. The van der Waals surface area contributed by atoms with Crippen molar-refractivity contribution in [2.45, 2.75) is 26.7 Å². The van der Waals surface area contributed by atoms with Crippen molar-refractivity contribution in [3.8, 4) is 11.8 Å². The van der Waals surface area contributed by atoms with E-state index in [9.17, 15) is 4.79 Å². The van der Waals surface area contributed by atoms with E-state index in [0.717, 1.165) is 12.7 Å². The fourth-order valence-corrected chi connectivity index (χ4v) is 0.637. The molecule has 0 aromatic rings. The van der Waals surface area contributed by atoms with Crippen molar-refractivity contribution < 1.29 is 4.79 Å². The first-order chi connectivity index (χ1) is 4.31. The molecular formula is C8H12O. The molecule has 0 aliphatic rings. The van der Waals surface area contributed by atoms with Crippen molar-refractivity contribution in [1.29, 1.82) is 0 Å². The molecule has 9 heavy (non-hydrogen) atoms. The molecule has 1 heteroatoms. The summed E-state index contributed by atoms with van der Waals surface area (Å²) in [7, 11) is 0. The lowest BCUT2D eigenvalue weighted by molar-refractivity contribution is -0.108. The Morgan fingerprint density at radius 1 is 1.67 bits per heavy atom. The van der Waals surface area contributed by atoms with E-state index in [4.69, 9.17) is 0 Å². The van der Waals surface area contributed by atoms with Crippen molar-refractivity contribution in [1.82, 2.24) is 0 Å². The van der Waals surface area contributed by atoms with E-state index in [1.165, 1.54) is 0 Å². The Kier molecular flexibility index (Phi) is 4.91. The zero-order valence-electron chi connectivity index (χ0n) is 5.98. The van der Waals surface area contributed by atoms with E-state index >= 15 is 0 Å². The molecule has 0 saturated carbocycles. The number of rotatable bonds is 3. The van der Waals surface area contributed by atoms with Crippen LogP contribution >= 0.6 is 0 Å². The van der Waals surface area contributed by atoms with Crippen molar-refractivity contribution >= 4 is 6.29 Å². The maximum Gasteiger partial charge on any atom is 0.120 e. The third-order valence-corrected chi connectivity index (χ3v) is 1.11. The van der Waals surface area contributed by atoms with Gasteiger partial charge < -0.3 is 4.79 Å². The second-order valence-electron chi connectivity index (χ2n) is 2.04. The molecule has 0 aromatic heterocycles. The average molecular weight is 124 g/mol. The van der Waals surface area contributed by atoms with E-state index in [1.807, 2.05) is 13.8 Å². The Balaban J connectivity index is 3.33. The van der Waals surface area contributed by atoms with Crippen LogP contribution in [0, 0.1) is 17.8 Å². The quantitative estimate of drug-likeness (QED) is 0.413. The minimum absolute atomic E-state index is 0.375. The fraction of sp³-hybridized carbons (Fsp3) is 0.625. The first kappa shape index (κ1) is 8.23. The van der Waals surface area contributed by atoms with Gasteiger partial charge in [-0.2, -0.15) is 0 Å². The van der Waals surface area contributed by atoms with Crippen LogP contribution in [0.3, 0.4) is 0 Å². The van der Waals surface area contributed by atoms with Crippen LogP contribution < -0.4 is 0 Å². The van der Waals surface area contributed by atoms with E-state index in [0.29, 0.717) is 12.3 Å². The normalized spacial score (nSPS) is 11.3. The van der Waals surface area contributed by atoms with Crippen molar-refractivity contribution in [2.24, 2.45) is 5.92 Å². The van der Waals surface area contributed by atoms with Gasteiger partial charge in [-0.25, -0.2) is 0 Å². The molecule has 0 aliphatic heterocycles. The summed E-state index contributed by atoms with van der Waals surface area (Å²) in [4.78, 5) is 9.87. The molecule has 0 aliphatic carbocycles. The second kappa shape index (κ2) is 5.37. The lowest BCUT2D eigenvalue weighted by atomic mass is 10.1. The molecule has 0 fully saturated rings. The number of hydrogen-bond acceptors (Lipinski definition) is 1. The summed E-state index contributed by atoms with van der Waals surface area (Å²) in [5, 5.41) is 0. The van der Waals surface area contributed by atoms with Gasteiger partial charge in [-0.15, -0.1) is 11.8 Å². The van der Waals surface area contributed by atoms with Crippen LogP contribution in [-0.2, 0) is 4.79 Å². The molecule has 0 saturated heterocycles. The Bertz CT molecular complexity index is 127. The highest BCUT2D eigenvalue weighted by atomic mass is 16.1. The number of hydrogen-bond donors (Lipinski definition) is 0. The van der Waals surface area contributed by atoms with Gasteiger partial charge in [-0.1, -0.05) is 6.92 Å². The van der Waals surface area contributed by atoms with Gasteiger partial charge in [0.25, 0.3) is 0 Å². The van der Waals surface area contributed by atoms with Crippen molar-refractivity contribution in [3.05, 3.63) is 0 Å². The van der Waals surface area contributed by atoms with Gasteiger partial charge in [0.2, 0.25) is 0 Å². The zero-order chi connectivity index (χ0) is 7.11. The minimum atomic E-state index is 0.375. The Morgan fingerprint density at radius 2 is 2.33 bits per heavy atom. The van der Waals surface area contributed by atoms with Crippen molar-refractivity contribution in [3.63, 3.8) is 0 Å². The van der Waals surface area contributed by atoms with Crippen molar-refractivity contribution in [2.75, 3.05) is 0 Å². The van der Waals surface area contributed by atoms with Crippen LogP contribution in [0.5, 0.6) is 0 Å². The van der Waals surface area contributed by atoms with Gasteiger partial charge in [-0.3, -0.25) is 0 Å². The topological polar surface area (TPSA) is 17.1 Å². The highest BCUT2D eigenvalue weighted by molar-refractivity contribution is 5.49. The minimum Gasteiger partial charge on any atom is -0.303 e. The third kappa shape index (κ3) is 5.10. The number of aldehydes is 1. The lowest BCUT2D eigenvalue weighted by Crippen LogP contribution is -1.89. The van der Waals surface area contributed by atoms with Crippen LogP contribution in [0.1, 0.15) is 26.7 Å². The second-order valence-corrected chi connectivity index (χ2v) is 2.04. The predicted octanol–water partition coefficient (Wildman–Crippen LogP) is 1.62. The molecule has 0 N–H and O–H groups in total. The molecule has 0 radical (unpaired) electrons. The highest BCUT2D eigenvalue weighted by Crippen LogP contribution is 2.00. The zero-order valence-corrected chi connectivity index (χ0v) is 5.98. The van der Waals surface area contributed by atoms with Gasteiger partial charge in [0.05, 0.1) is 0 Å². The van der Waals surface area contributed by atoms with Gasteiger partial charge in [-0.05, 0) is 13.3 Å². The summed E-state index contributed by atoms with van der Waals surface area (Å²) in [6, 6.07) is 0. The molecule has 0 heterocycles. The average Bonchev–Trinajstić information content (AvgIpc) is 1.85. The van der Waals surface area contributed by atoms with Crippen LogP contribution in [0.4, 0.5) is 0 Å². The van der Waals surface area contributed by atoms with Gasteiger partial charge >= 0.3 is 0 Å². The molecule has 0 aromatic carbocycles. The van der Waals surface area contributed by atoms with E-state index < -0.39 is 0 Å². The molecule has 50 valence electrons.